The average molecular weight is 417 g/mol. The van der Waals surface area contributed by atoms with Crippen LogP contribution in [0.3, 0.4) is 0 Å². The summed E-state index contributed by atoms with van der Waals surface area (Å²) in [4.78, 5) is 34.0. The normalized spacial score (nSPS) is 19.0. The highest BCUT2D eigenvalue weighted by Gasteiger charge is 2.43. The third kappa shape index (κ3) is 3.24. The van der Waals surface area contributed by atoms with Gasteiger partial charge >= 0.3 is 5.69 Å². The second-order valence-corrected chi connectivity index (χ2v) is 8.86. The SMILES string of the molecule is COCCn1c(=O)n(C2(C)CC2)c(=O)c2c(C)c(CN3CCN/C3=N\C#N)sc21. The van der Waals surface area contributed by atoms with Crippen LogP contribution in [0, 0.1) is 18.4 Å². The van der Waals surface area contributed by atoms with Crippen molar-refractivity contribution in [1.82, 2.24) is 19.4 Å². The smallest absolute Gasteiger partial charge is 0.332 e. The summed E-state index contributed by atoms with van der Waals surface area (Å²) in [6.07, 6.45) is 3.49. The zero-order valence-corrected chi connectivity index (χ0v) is 17.6. The van der Waals surface area contributed by atoms with Crippen LogP contribution >= 0.6 is 11.3 Å². The first kappa shape index (κ1) is 19.7. The Balaban J connectivity index is 1.87. The molecule has 2 fully saturated rings. The first-order valence-electron chi connectivity index (χ1n) is 9.64. The van der Waals surface area contributed by atoms with E-state index in [4.69, 9.17) is 10.00 Å². The number of hydrogen-bond donors (Lipinski definition) is 1. The molecule has 2 aromatic rings. The molecule has 4 rings (SSSR count). The molecule has 9 nitrogen and oxygen atoms in total. The summed E-state index contributed by atoms with van der Waals surface area (Å²) in [6.45, 7) is 6.67. The molecule has 0 unspecified atom stereocenters. The number of ether oxygens (including phenoxy) is 1. The Hall–Kier alpha value is -2.64. The maximum atomic E-state index is 13.3. The number of aryl methyl sites for hydroxylation is 1. The van der Waals surface area contributed by atoms with Gasteiger partial charge in [-0.25, -0.2) is 4.79 Å². The molecule has 0 radical (unpaired) electrons. The Morgan fingerprint density at radius 1 is 1.38 bits per heavy atom. The molecule has 1 aliphatic carbocycles. The van der Waals surface area contributed by atoms with E-state index in [1.807, 2.05) is 24.9 Å². The first-order chi connectivity index (χ1) is 13.9. The van der Waals surface area contributed by atoms with Crippen molar-refractivity contribution in [1.29, 1.82) is 5.26 Å². The van der Waals surface area contributed by atoms with Gasteiger partial charge in [0.2, 0.25) is 12.2 Å². The fourth-order valence-electron chi connectivity index (χ4n) is 3.81. The molecule has 10 heteroatoms. The quantitative estimate of drug-likeness (QED) is 0.703. The predicted molar refractivity (Wildman–Crippen MR) is 111 cm³/mol. The highest BCUT2D eigenvalue weighted by Crippen LogP contribution is 2.41. The Labute approximate surface area is 171 Å². The van der Waals surface area contributed by atoms with Gasteiger partial charge < -0.3 is 15.0 Å². The number of methoxy groups -OCH3 is 1. The lowest BCUT2D eigenvalue weighted by molar-refractivity contribution is 0.186. The number of hydrogen-bond acceptors (Lipinski definition) is 6. The van der Waals surface area contributed by atoms with Gasteiger partial charge in [-0.05, 0) is 32.3 Å². The number of fused-ring (bicyclic) bond motifs is 1. The third-order valence-corrected chi connectivity index (χ3v) is 7.10. The van der Waals surface area contributed by atoms with Gasteiger partial charge in [0, 0.05) is 25.1 Å². The Kier molecular flexibility index (Phi) is 4.96. The molecule has 3 heterocycles. The molecule has 0 spiro atoms. The monoisotopic (exact) mass is 416 g/mol. The van der Waals surface area contributed by atoms with Crippen LogP contribution in [0.5, 0.6) is 0 Å². The van der Waals surface area contributed by atoms with E-state index in [1.165, 1.54) is 15.9 Å². The molecule has 1 N–H and O–H groups in total. The number of nitrogens with one attached hydrogen (secondary N) is 1. The van der Waals surface area contributed by atoms with Crippen LogP contribution in [0.2, 0.25) is 0 Å². The number of aliphatic imine (C=N–C) groups is 1. The van der Waals surface area contributed by atoms with E-state index in [0.29, 0.717) is 42.4 Å². The number of thiophene rings is 1. The maximum absolute atomic E-state index is 13.3. The van der Waals surface area contributed by atoms with Crippen molar-refractivity contribution < 1.29 is 4.74 Å². The lowest BCUT2D eigenvalue weighted by Gasteiger charge is -2.16. The molecule has 154 valence electrons. The number of guanidine groups is 1. The predicted octanol–water partition coefficient (Wildman–Crippen LogP) is 0.931. The minimum Gasteiger partial charge on any atom is -0.383 e. The highest BCUT2D eigenvalue weighted by atomic mass is 32.1. The second-order valence-electron chi connectivity index (χ2n) is 7.78. The van der Waals surface area contributed by atoms with Crippen molar-refractivity contribution in [2.45, 2.75) is 45.3 Å². The van der Waals surface area contributed by atoms with Crippen molar-refractivity contribution in [3.63, 3.8) is 0 Å². The molecule has 0 bridgehead atoms. The van der Waals surface area contributed by atoms with Gasteiger partial charge in [-0.3, -0.25) is 13.9 Å². The molecule has 2 aliphatic rings. The van der Waals surface area contributed by atoms with E-state index < -0.39 is 5.54 Å². The van der Waals surface area contributed by atoms with Gasteiger partial charge in [-0.1, -0.05) is 0 Å². The van der Waals surface area contributed by atoms with Crippen molar-refractivity contribution in [3.05, 3.63) is 31.3 Å². The van der Waals surface area contributed by atoms with Crippen molar-refractivity contribution >= 4 is 27.5 Å². The lowest BCUT2D eigenvalue weighted by atomic mass is 10.2. The van der Waals surface area contributed by atoms with E-state index >= 15 is 0 Å². The summed E-state index contributed by atoms with van der Waals surface area (Å²) in [5.41, 5.74) is 0.0328. The van der Waals surface area contributed by atoms with E-state index in [9.17, 15) is 9.59 Å². The summed E-state index contributed by atoms with van der Waals surface area (Å²) >= 11 is 1.46. The van der Waals surface area contributed by atoms with Gasteiger partial charge in [-0.15, -0.1) is 16.3 Å². The Morgan fingerprint density at radius 3 is 2.79 bits per heavy atom. The molecule has 0 aromatic carbocycles. The maximum Gasteiger partial charge on any atom is 0.332 e. The number of rotatable bonds is 6. The van der Waals surface area contributed by atoms with Crippen LogP contribution in [-0.2, 0) is 23.4 Å². The van der Waals surface area contributed by atoms with Crippen LogP contribution < -0.4 is 16.6 Å². The molecule has 1 aliphatic heterocycles. The molecule has 0 atom stereocenters. The molecule has 0 amide bonds. The van der Waals surface area contributed by atoms with Crippen LogP contribution in [0.15, 0.2) is 14.6 Å². The molecular formula is C19H24N6O3S. The van der Waals surface area contributed by atoms with Crippen LogP contribution in [-0.4, -0.2) is 46.8 Å². The van der Waals surface area contributed by atoms with Crippen LogP contribution in [0.1, 0.15) is 30.2 Å². The zero-order valence-electron chi connectivity index (χ0n) is 16.8. The minimum absolute atomic E-state index is 0.205. The Morgan fingerprint density at radius 2 is 2.14 bits per heavy atom. The molecular weight excluding hydrogens is 392 g/mol. The van der Waals surface area contributed by atoms with E-state index in [1.54, 1.807) is 11.7 Å². The summed E-state index contributed by atoms with van der Waals surface area (Å²) in [5.74, 6) is 0.545. The fourth-order valence-corrected chi connectivity index (χ4v) is 5.14. The van der Waals surface area contributed by atoms with Gasteiger partial charge in [0.15, 0.2) is 0 Å². The standard InChI is InChI=1S/C19H24N6O3S/c1-12-13(10-23-7-6-21-17(23)22-11-20)29-16-14(12)15(26)25(19(2)4-5-19)18(27)24(16)8-9-28-3/h4-10H2,1-3H3,(H,21,22). The second kappa shape index (κ2) is 7.31. The topological polar surface area (TPSA) is 105 Å². The van der Waals surface area contributed by atoms with Crippen molar-refractivity contribution in [2.75, 3.05) is 26.8 Å². The minimum atomic E-state index is -0.392. The van der Waals surface area contributed by atoms with E-state index in [2.05, 4.69) is 10.3 Å². The van der Waals surface area contributed by atoms with Crippen LogP contribution in [0.4, 0.5) is 0 Å². The van der Waals surface area contributed by atoms with Crippen LogP contribution in [0.25, 0.3) is 10.2 Å². The summed E-state index contributed by atoms with van der Waals surface area (Å²) < 4.78 is 8.32. The molecule has 1 saturated heterocycles. The zero-order chi connectivity index (χ0) is 20.8. The van der Waals surface area contributed by atoms with E-state index in [0.717, 1.165) is 29.8 Å². The molecule has 29 heavy (non-hydrogen) atoms. The molecule has 1 saturated carbocycles. The number of nitriles is 1. The van der Waals surface area contributed by atoms with Gasteiger partial charge in [0.05, 0.1) is 30.6 Å². The third-order valence-electron chi connectivity index (χ3n) is 5.80. The number of aromatic nitrogens is 2. The summed E-state index contributed by atoms with van der Waals surface area (Å²) in [5, 5.41) is 12.6. The largest absolute Gasteiger partial charge is 0.383 e. The van der Waals surface area contributed by atoms with Crippen molar-refractivity contribution in [2.24, 2.45) is 4.99 Å². The van der Waals surface area contributed by atoms with Gasteiger partial charge in [-0.2, -0.15) is 5.26 Å². The lowest BCUT2D eigenvalue weighted by Crippen LogP contribution is -2.45. The highest BCUT2D eigenvalue weighted by molar-refractivity contribution is 7.18. The summed E-state index contributed by atoms with van der Waals surface area (Å²) in [6, 6.07) is 0. The van der Waals surface area contributed by atoms with Gasteiger partial charge in [0.1, 0.15) is 4.83 Å². The number of nitrogens with zero attached hydrogens (tertiary/aromatic N) is 5. The van der Waals surface area contributed by atoms with Gasteiger partial charge in [0.25, 0.3) is 5.56 Å². The first-order valence-corrected chi connectivity index (χ1v) is 10.5. The Bertz CT molecular complexity index is 1150. The van der Waals surface area contributed by atoms with E-state index in [-0.39, 0.29) is 11.2 Å². The summed E-state index contributed by atoms with van der Waals surface area (Å²) in [7, 11) is 1.60. The fraction of sp³-hybridized carbons (Fsp3) is 0.579. The molecule has 2 aromatic heterocycles. The van der Waals surface area contributed by atoms with Crippen molar-refractivity contribution in [3.8, 4) is 6.19 Å². The average Bonchev–Trinajstić information content (AvgIpc) is 3.12.